The molecule has 0 amide bonds. The zero-order valence-electron chi connectivity index (χ0n) is 8.86. The summed E-state index contributed by atoms with van der Waals surface area (Å²) in [6.07, 6.45) is -0.0370. The van der Waals surface area contributed by atoms with Crippen molar-refractivity contribution in [2.75, 3.05) is 14.1 Å². The molecule has 0 radical (unpaired) electrons. The SMILES string of the molecule is CC(CC(C)(C(=O)[O-])N(C)C)C(=O)[O-]. The van der Waals surface area contributed by atoms with Crippen LogP contribution in [0.3, 0.4) is 0 Å². The second kappa shape index (κ2) is 4.41. The lowest BCUT2D eigenvalue weighted by molar-refractivity contribution is -0.321. The number of carboxylic acids is 2. The van der Waals surface area contributed by atoms with Crippen molar-refractivity contribution in [3.8, 4) is 0 Å². The molecule has 14 heavy (non-hydrogen) atoms. The third-order valence-corrected chi connectivity index (χ3v) is 2.53. The number of carbonyl (C=O) groups is 2. The van der Waals surface area contributed by atoms with Crippen molar-refractivity contribution < 1.29 is 19.8 Å². The van der Waals surface area contributed by atoms with Crippen molar-refractivity contribution in [2.24, 2.45) is 5.92 Å². The van der Waals surface area contributed by atoms with Crippen molar-refractivity contribution in [1.29, 1.82) is 0 Å². The van der Waals surface area contributed by atoms with Crippen LogP contribution in [-0.4, -0.2) is 36.5 Å². The zero-order chi connectivity index (χ0) is 11.5. The summed E-state index contributed by atoms with van der Waals surface area (Å²) in [5, 5.41) is 21.3. The molecule has 0 aromatic rings. The Morgan fingerprint density at radius 2 is 1.79 bits per heavy atom. The minimum absolute atomic E-state index is 0.0370. The van der Waals surface area contributed by atoms with Gasteiger partial charge in [0.15, 0.2) is 0 Å². The first-order chi connectivity index (χ1) is 6.21. The molecule has 5 nitrogen and oxygen atoms in total. The molecule has 0 aliphatic heterocycles. The van der Waals surface area contributed by atoms with E-state index in [9.17, 15) is 19.8 Å². The van der Waals surface area contributed by atoms with E-state index in [0.717, 1.165) is 0 Å². The molecule has 0 fully saturated rings. The first-order valence-corrected chi connectivity index (χ1v) is 4.31. The van der Waals surface area contributed by atoms with E-state index in [-0.39, 0.29) is 6.42 Å². The van der Waals surface area contributed by atoms with Gasteiger partial charge in [0, 0.05) is 5.97 Å². The topological polar surface area (TPSA) is 83.5 Å². The van der Waals surface area contributed by atoms with Crippen molar-refractivity contribution in [2.45, 2.75) is 25.8 Å². The molecular formula is C9H15NO4-2. The quantitative estimate of drug-likeness (QED) is 0.505. The molecule has 0 aliphatic carbocycles. The molecule has 0 N–H and O–H groups in total. The molecule has 0 aromatic carbocycles. The molecule has 0 saturated heterocycles. The second-order valence-corrected chi connectivity index (χ2v) is 3.88. The number of hydrogen-bond donors (Lipinski definition) is 0. The number of likely N-dealkylation sites (N-methyl/N-ethyl adjacent to an activating group) is 1. The van der Waals surface area contributed by atoms with Crippen LogP contribution in [0.5, 0.6) is 0 Å². The lowest BCUT2D eigenvalue weighted by Crippen LogP contribution is -2.57. The fraction of sp³-hybridized carbons (Fsp3) is 0.778. The molecule has 0 heterocycles. The maximum atomic E-state index is 10.9. The molecule has 0 rings (SSSR count). The van der Waals surface area contributed by atoms with E-state index in [4.69, 9.17) is 0 Å². The van der Waals surface area contributed by atoms with Gasteiger partial charge < -0.3 is 19.8 Å². The van der Waals surface area contributed by atoms with E-state index in [1.165, 1.54) is 18.7 Å². The lowest BCUT2D eigenvalue weighted by Gasteiger charge is -2.39. The van der Waals surface area contributed by atoms with Gasteiger partial charge in [-0.15, -0.1) is 0 Å². The molecule has 0 aliphatic rings. The van der Waals surface area contributed by atoms with E-state index >= 15 is 0 Å². The molecule has 2 atom stereocenters. The van der Waals surface area contributed by atoms with Gasteiger partial charge >= 0.3 is 0 Å². The van der Waals surface area contributed by atoms with E-state index in [0.29, 0.717) is 0 Å². The fourth-order valence-electron chi connectivity index (χ4n) is 1.13. The molecular weight excluding hydrogens is 186 g/mol. The third-order valence-electron chi connectivity index (χ3n) is 2.53. The highest BCUT2D eigenvalue weighted by Gasteiger charge is 2.30. The largest absolute Gasteiger partial charge is 0.550 e. The van der Waals surface area contributed by atoms with Crippen LogP contribution in [0, 0.1) is 5.92 Å². The van der Waals surface area contributed by atoms with Crippen LogP contribution in [0.1, 0.15) is 20.3 Å². The van der Waals surface area contributed by atoms with Gasteiger partial charge in [-0.1, -0.05) is 6.92 Å². The molecule has 2 unspecified atom stereocenters. The maximum Gasteiger partial charge on any atom is 0.0615 e. The number of hydrogen-bond acceptors (Lipinski definition) is 5. The molecule has 0 saturated carbocycles. The van der Waals surface area contributed by atoms with Gasteiger partial charge in [-0.05, 0) is 33.4 Å². The number of rotatable bonds is 5. The van der Waals surface area contributed by atoms with Gasteiger partial charge in [-0.2, -0.15) is 0 Å². The first-order valence-electron chi connectivity index (χ1n) is 4.31. The molecule has 82 valence electrons. The highest BCUT2D eigenvalue weighted by atomic mass is 16.4. The molecule has 5 heteroatoms. The summed E-state index contributed by atoms with van der Waals surface area (Å²) in [7, 11) is 3.13. The van der Waals surface area contributed by atoms with Crippen molar-refractivity contribution in [3.05, 3.63) is 0 Å². The Bertz CT molecular complexity index is 239. The van der Waals surface area contributed by atoms with Crippen LogP contribution in [0.2, 0.25) is 0 Å². The van der Waals surface area contributed by atoms with Crippen LogP contribution in [0.4, 0.5) is 0 Å². The standard InChI is InChI=1S/C9H17NO4/c1-6(7(11)12)5-9(2,8(13)14)10(3)4/h6H,5H2,1-4H3,(H,11,12)(H,13,14)/p-2. The van der Waals surface area contributed by atoms with E-state index in [2.05, 4.69) is 0 Å². The van der Waals surface area contributed by atoms with Crippen molar-refractivity contribution in [3.63, 3.8) is 0 Å². The monoisotopic (exact) mass is 201 g/mol. The highest BCUT2D eigenvalue weighted by molar-refractivity contribution is 5.77. The Morgan fingerprint density at radius 1 is 1.36 bits per heavy atom. The molecule has 0 bridgehead atoms. The minimum Gasteiger partial charge on any atom is -0.550 e. The van der Waals surface area contributed by atoms with Crippen LogP contribution in [0.25, 0.3) is 0 Å². The van der Waals surface area contributed by atoms with E-state index in [1.807, 2.05) is 0 Å². The summed E-state index contributed by atoms with van der Waals surface area (Å²) < 4.78 is 0. The number of nitrogens with zero attached hydrogens (tertiary/aromatic N) is 1. The third kappa shape index (κ3) is 2.70. The van der Waals surface area contributed by atoms with Gasteiger partial charge in [-0.3, -0.25) is 4.90 Å². The Labute approximate surface area is 83.3 Å². The summed E-state index contributed by atoms with van der Waals surface area (Å²) in [5.74, 6) is -3.35. The van der Waals surface area contributed by atoms with Crippen LogP contribution < -0.4 is 10.2 Å². The number of carboxylic acid groups (broad SMARTS) is 2. The fourth-order valence-corrected chi connectivity index (χ4v) is 1.13. The van der Waals surface area contributed by atoms with Gasteiger partial charge in [0.1, 0.15) is 0 Å². The summed E-state index contributed by atoms with van der Waals surface area (Å²) in [4.78, 5) is 22.8. The summed E-state index contributed by atoms with van der Waals surface area (Å²) in [6, 6.07) is 0. The minimum atomic E-state index is -1.28. The van der Waals surface area contributed by atoms with Crippen molar-refractivity contribution in [1.82, 2.24) is 4.90 Å². The van der Waals surface area contributed by atoms with E-state index < -0.39 is 23.4 Å². The average molecular weight is 201 g/mol. The Morgan fingerprint density at radius 3 is 2.00 bits per heavy atom. The van der Waals surface area contributed by atoms with Gasteiger partial charge in [0.25, 0.3) is 0 Å². The predicted molar refractivity (Wildman–Crippen MR) is 45.9 cm³/mol. The molecule has 0 spiro atoms. The lowest BCUT2D eigenvalue weighted by atomic mass is 9.89. The summed E-state index contributed by atoms with van der Waals surface area (Å²) in [5.41, 5.74) is -1.28. The van der Waals surface area contributed by atoms with Crippen LogP contribution in [0.15, 0.2) is 0 Å². The van der Waals surface area contributed by atoms with Crippen molar-refractivity contribution >= 4 is 11.9 Å². The normalized spacial score (nSPS) is 17.5. The predicted octanol–water partition coefficient (Wildman–Crippen LogP) is -2.17. The van der Waals surface area contributed by atoms with Gasteiger partial charge in [-0.25, -0.2) is 0 Å². The summed E-state index contributed by atoms with van der Waals surface area (Å²) in [6.45, 7) is 2.85. The maximum absolute atomic E-state index is 10.9. The number of carbonyl (C=O) groups excluding carboxylic acids is 2. The highest BCUT2D eigenvalue weighted by Crippen LogP contribution is 2.20. The zero-order valence-corrected chi connectivity index (χ0v) is 8.86. The van der Waals surface area contributed by atoms with Gasteiger partial charge in [0.2, 0.25) is 0 Å². The average Bonchev–Trinajstić information content (AvgIpc) is 2.02. The van der Waals surface area contributed by atoms with Crippen LogP contribution >= 0.6 is 0 Å². The second-order valence-electron chi connectivity index (χ2n) is 3.88. The van der Waals surface area contributed by atoms with E-state index in [1.54, 1.807) is 14.1 Å². The Balaban J connectivity index is 4.70. The smallest absolute Gasteiger partial charge is 0.0615 e. The van der Waals surface area contributed by atoms with Gasteiger partial charge in [0.05, 0.1) is 11.5 Å². The molecule has 0 aromatic heterocycles. The number of aliphatic carboxylic acids is 2. The van der Waals surface area contributed by atoms with Crippen LogP contribution in [-0.2, 0) is 9.59 Å². The Kier molecular flexibility index (Phi) is 4.07. The first kappa shape index (κ1) is 12.9. The summed E-state index contributed by atoms with van der Waals surface area (Å²) >= 11 is 0. The Hall–Kier alpha value is -1.10.